The predicted molar refractivity (Wildman–Crippen MR) is 183 cm³/mol. The van der Waals surface area contributed by atoms with Gasteiger partial charge in [-0.1, -0.05) is 24.3 Å². The molecule has 0 atom stereocenters. The van der Waals surface area contributed by atoms with Crippen LogP contribution in [0.5, 0.6) is 11.5 Å². The van der Waals surface area contributed by atoms with Crippen LogP contribution in [0.3, 0.4) is 0 Å². The lowest BCUT2D eigenvalue weighted by molar-refractivity contribution is 0.362. The van der Waals surface area contributed by atoms with Gasteiger partial charge in [0.1, 0.15) is 17.4 Å². The monoisotopic (exact) mass is 886 g/mol. The highest BCUT2D eigenvalue weighted by molar-refractivity contribution is 6.64. The van der Waals surface area contributed by atoms with Crippen LogP contribution in [0.2, 0.25) is 0 Å². The summed E-state index contributed by atoms with van der Waals surface area (Å²) in [5, 5.41) is -5.40. The van der Waals surface area contributed by atoms with Crippen LogP contribution in [0.4, 0.5) is 79.0 Å². The molecule has 0 radical (unpaired) electrons. The Morgan fingerprint density at radius 3 is 1.52 bits per heavy atom. The molecule has 0 saturated carbocycles. The predicted octanol–water partition coefficient (Wildman–Crippen LogP) is 12.2. The Morgan fingerprint density at radius 1 is 0.355 bits per heavy atom. The molecule has 21 heteroatoms. The summed E-state index contributed by atoms with van der Waals surface area (Å²) >= 11 is 0. The van der Waals surface area contributed by atoms with Gasteiger partial charge in [0.2, 0.25) is 17.5 Å². The van der Waals surface area contributed by atoms with E-state index in [-0.39, 0.29) is 10.9 Å². The molecule has 0 unspecified atom stereocenters. The highest BCUT2D eigenvalue weighted by atomic mass is 19.2. The number of halogens is 18. The van der Waals surface area contributed by atoms with Crippen LogP contribution in [0.15, 0.2) is 42.5 Å². The first kappa shape index (κ1) is 40.6. The van der Waals surface area contributed by atoms with E-state index in [2.05, 4.69) is 0 Å². The lowest BCUT2D eigenvalue weighted by Crippen LogP contribution is -2.48. The van der Waals surface area contributed by atoms with Gasteiger partial charge in [-0.05, 0) is 41.1 Å². The van der Waals surface area contributed by atoms with E-state index in [0.717, 1.165) is 30.3 Å². The molecule has 0 aliphatic heterocycles. The molecule has 0 spiro atoms. The minimum atomic E-state index is -3.50. The fourth-order valence-electron chi connectivity index (χ4n) is 7.76. The van der Waals surface area contributed by atoms with E-state index in [0.29, 0.717) is 12.1 Å². The van der Waals surface area contributed by atoms with Crippen molar-refractivity contribution in [3.63, 3.8) is 0 Å². The lowest BCUT2D eigenvalue weighted by Gasteiger charge is -2.24. The van der Waals surface area contributed by atoms with Crippen molar-refractivity contribution >= 4 is 44.9 Å². The molecule has 62 heavy (non-hydrogen) atoms. The van der Waals surface area contributed by atoms with Gasteiger partial charge in [0, 0.05) is 27.3 Å². The normalized spacial score (nSPS) is 12.3. The Morgan fingerprint density at radius 2 is 0.855 bits per heavy atom. The van der Waals surface area contributed by atoms with Crippen LogP contribution in [0.25, 0.3) is 54.6 Å². The van der Waals surface area contributed by atoms with Crippen LogP contribution in [0.1, 0.15) is 11.1 Å². The average Bonchev–Trinajstić information content (AvgIpc) is 3.64. The number of hydrogen-bond donors (Lipinski definition) is 0. The second kappa shape index (κ2) is 13.9. The molecular weight excluding hydrogens is 877 g/mol. The maximum atomic E-state index is 16.4. The molecule has 1 aliphatic carbocycles. The highest BCUT2D eigenvalue weighted by Gasteiger charge is 2.45. The van der Waals surface area contributed by atoms with E-state index in [1.165, 1.54) is 0 Å². The third kappa shape index (κ3) is 5.31. The van der Waals surface area contributed by atoms with Crippen LogP contribution in [-0.4, -0.2) is 7.12 Å². The van der Waals surface area contributed by atoms with Crippen LogP contribution >= 0.6 is 0 Å². The molecule has 9 rings (SSSR count). The Labute approximate surface area is 331 Å². The van der Waals surface area contributed by atoms with E-state index >= 15 is 61.5 Å². The highest BCUT2D eigenvalue weighted by Crippen LogP contribution is 2.48. The SMILES string of the molecule is Fc1cccc2c1-c1c(F)c(F)c(F)c(B(Oc3c(F)c(F)c(F)c(F)c3-c3c(F)c(F)c(F)c(F)c3F)Oc3c(F)c(F)c4c(F)c(F)c5c(F)ccc6ccc3c4c65)c1C2. The molecule has 314 valence electrons. The Hall–Kier alpha value is -6.80. The quantitative estimate of drug-likeness (QED) is 0.0545. The van der Waals surface area contributed by atoms with E-state index in [1.807, 2.05) is 0 Å². The summed E-state index contributed by atoms with van der Waals surface area (Å²) in [7, 11) is -3.50. The summed E-state index contributed by atoms with van der Waals surface area (Å²) in [6.45, 7) is 0. The molecule has 0 amide bonds. The first-order valence-electron chi connectivity index (χ1n) is 17.1. The van der Waals surface area contributed by atoms with E-state index in [4.69, 9.17) is 9.31 Å². The summed E-state index contributed by atoms with van der Waals surface area (Å²) in [5.41, 5.74) is -10.0. The molecule has 0 heterocycles. The molecule has 2 nitrogen and oxygen atoms in total. The van der Waals surface area contributed by atoms with Gasteiger partial charge in [0.05, 0.1) is 27.4 Å². The lowest BCUT2D eigenvalue weighted by atomic mass is 9.73. The second-order valence-electron chi connectivity index (χ2n) is 13.6. The topological polar surface area (TPSA) is 18.5 Å². The molecule has 0 fully saturated rings. The molecular formula is C41H9BF18O2. The molecule has 8 aromatic carbocycles. The third-order valence-corrected chi connectivity index (χ3v) is 10.4. The molecule has 0 bridgehead atoms. The van der Waals surface area contributed by atoms with Crippen LogP contribution in [-0.2, 0) is 6.42 Å². The van der Waals surface area contributed by atoms with Gasteiger partial charge >= 0.3 is 7.12 Å². The van der Waals surface area contributed by atoms with Gasteiger partial charge in [0.25, 0.3) is 0 Å². The smallest absolute Gasteiger partial charge is 0.519 e. The van der Waals surface area contributed by atoms with E-state index in [1.54, 1.807) is 0 Å². The van der Waals surface area contributed by atoms with Gasteiger partial charge in [-0.15, -0.1) is 0 Å². The zero-order valence-corrected chi connectivity index (χ0v) is 29.4. The van der Waals surface area contributed by atoms with Gasteiger partial charge in [-0.3, -0.25) is 0 Å². The Bertz CT molecular complexity index is 3310. The van der Waals surface area contributed by atoms with Crippen LogP contribution < -0.4 is 14.8 Å². The van der Waals surface area contributed by atoms with Crippen molar-refractivity contribution in [2.45, 2.75) is 6.42 Å². The van der Waals surface area contributed by atoms with Gasteiger partial charge < -0.3 is 9.31 Å². The number of benzene rings is 8. The molecule has 0 saturated heterocycles. The maximum Gasteiger partial charge on any atom is 0.636 e. The van der Waals surface area contributed by atoms with Gasteiger partial charge in [-0.2, -0.15) is 8.78 Å². The van der Waals surface area contributed by atoms with Crippen molar-refractivity contribution in [1.29, 1.82) is 0 Å². The summed E-state index contributed by atoms with van der Waals surface area (Å²) in [5.74, 6) is -49.9. The minimum Gasteiger partial charge on any atom is -0.519 e. The van der Waals surface area contributed by atoms with Crippen molar-refractivity contribution in [3.05, 3.63) is 158 Å². The average molecular weight is 886 g/mol. The minimum absolute atomic E-state index is 0.182. The first-order valence-corrected chi connectivity index (χ1v) is 17.1. The van der Waals surface area contributed by atoms with Crippen LogP contribution in [0, 0.1) is 105 Å². The fraction of sp³-hybridized carbons (Fsp3) is 0.0244. The summed E-state index contributed by atoms with van der Waals surface area (Å²) in [6, 6.07) is 6.14. The first-order chi connectivity index (χ1) is 29.3. The number of rotatable bonds is 6. The second-order valence-corrected chi connectivity index (χ2v) is 13.6. The molecule has 0 N–H and O–H groups in total. The van der Waals surface area contributed by atoms with Crippen molar-refractivity contribution in [2.24, 2.45) is 0 Å². The largest absolute Gasteiger partial charge is 0.636 e. The van der Waals surface area contributed by atoms with Crippen molar-refractivity contribution in [3.8, 4) is 33.8 Å². The van der Waals surface area contributed by atoms with Gasteiger partial charge in [0.15, 0.2) is 81.4 Å². The Balaban J connectivity index is 1.40. The maximum absolute atomic E-state index is 16.4. The summed E-state index contributed by atoms with van der Waals surface area (Å²) in [6.07, 6.45) is -0.909. The summed E-state index contributed by atoms with van der Waals surface area (Å²) < 4.78 is 286. The fourth-order valence-corrected chi connectivity index (χ4v) is 7.76. The van der Waals surface area contributed by atoms with Crippen molar-refractivity contribution < 1.29 is 88.3 Å². The Kier molecular flexibility index (Phi) is 9.08. The number of hydrogen-bond acceptors (Lipinski definition) is 2. The van der Waals surface area contributed by atoms with E-state index in [9.17, 15) is 17.6 Å². The number of fused-ring (bicyclic) bond motifs is 3. The zero-order valence-electron chi connectivity index (χ0n) is 29.4. The van der Waals surface area contributed by atoms with Crippen molar-refractivity contribution in [1.82, 2.24) is 0 Å². The summed E-state index contributed by atoms with van der Waals surface area (Å²) in [4.78, 5) is 0. The van der Waals surface area contributed by atoms with E-state index < -0.39 is 190 Å². The molecule has 0 aromatic heterocycles. The molecule has 1 aliphatic rings. The van der Waals surface area contributed by atoms with Crippen molar-refractivity contribution in [2.75, 3.05) is 0 Å². The van der Waals surface area contributed by atoms with Gasteiger partial charge in [-0.25, -0.2) is 70.2 Å². The third-order valence-electron chi connectivity index (χ3n) is 10.4. The standard InChI is InChI=1S/C41H9BF18O2/c43-13-3-1-2-10-8-12-18(15(10)13)24(45)32(53)31(52)23(12)42(62-41-22(30(51)35(56)37(58)39(41)60)21-27(48)33(54)36(57)34(55)28(21)49)61-40-11-6-4-9-5-7-14(44)19-16(9)17(11)20(26(47)25(19)46)29(50)38(40)59/h1-7H,8H2. The zero-order chi connectivity index (χ0) is 44.7. The molecule has 8 aromatic rings.